The van der Waals surface area contributed by atoms with Gasteiger partial charge in [0.1, 0.15) is 0 Å². The number of fused-ring (bicyclic) bond motifs is 1. The second kappa shape index (κ2) is 5.66. The summed E-state index contributed by atoms with van der Waals surface area (Å²) >= 11 is 0. The minimum atomic E-state index is -0.0799. The number of pyridine rings is 1. The Labute approximate surface area is 124 Å². The topological polar surface area (TPSA) is 56.7 Å². The lowest BCUT2D eigenvalue weighted by molar-refractivity contribution is 0.640. The van der Waals surface area contributed by atoms with Gasteiger partial charge in [-0.3, -0.25) is 9.67 Å². The fraction of sp³-hybridized carbons (Fsp3) is 0.294. The van der Waals surface area contributed by atoms with E-state index in [1.165, 1.54) is 0 Å². The third kappa shape index (κ3) is 2.67. The minimum absolute atomic E-state index is 0.0799. The summed E-state index contributed by atoms with van der Waals surface area (Å²) in [6, 6.07) is 12.3. The third-order valence-electron chi connectivity index (χ3n) is 3.88. The summed E-state index contributed by atoms with van der Waals surface area (Å²) in [6.07, 6.45) is 3.52. The van der Waals surface area contributed by atoms with E-state index in [9.17, 15) is 0 Å². The number of nitrogens with zero attached hydrogens (tertiary/aromatic N) is 3. The second-order valence-electron chi connectivity index (χ2n) is 5.34. The molecular weight excluding hydrogens is 260 g/mol. The van der Waals surface area contributed by atoms with Crippen molar-refractivity contribution in [3.05, 3.63) is 59.5 Å². The highest BCUT2D eigenvalue weighted by molar-refractivity contribution is 5.82. The summed E-state index contributed by atoms with van der Waals surface area (Å²) in [5.41, 5.74) is 10.8. The van der Waals surface area contributed by atoms with Crippen LogP contribution in [0.1, 0.15) is 29.9 Å². The number of aryl methyl sites for hydroxylation is 2. The van der Waals surface area contributed by atoms with Crippen molar-refractivity contribution < 1.29 is 0 Å². The van der Waals surface area contributed by atoms with Crippen LogP contribution in [0.25, 0.3) is 10.9 Å². The van der Waals surface area contributed by atoms with Crippen LogP contribution in [0.3, 0.4) is 0 Å². The predicted octanol–water partition coefficient (Wildman–Crippen LogP) is 2.77. The van der Waals surface area contributed by atoms with Crippen molar-refractivity contribution in [1.29, 1.82) is 0 Å². The number of hydrogen-bond acceptors (Lipinski definition) is 3. The number of aromatic nitrogens is 3. The molecule has 0 aliphatic rings. The molecule has 2 aromatic heterocycles. The van der Waals surface area contributed by atoms with Crippen LogP contribution < -0.4 is 5.73 Å². The van der Waals surface area contributed by atoms with Crippen LogP contribution >= 0.6 is 0 Å². The van der Waals surface area contributed by atoms with E-state index < -0.39 is 0 Å². The Hall–Kier alpha value is -2.20. The zero-order valence-corrected chi connectivity index (χ0v) is 12.5. The lowest BCUT2D eigenvalue weighted by Crippen LogP contribution is -2.16. The first kappa shape index (κ1) is 13.8. The smallest absolute Gasteiger partial charge is 0.0749 e. The summed E-state index contributed by atoms with van der Waals surface area (Å²) in [5, 5.41) is 5.61. The number of rotatable bonds is 4. The van der Waals surface area contributed by atoms with E-state index in [-0.39, 0.29) is 6.04 Å². The molecule has 0 amide bonds. The molecule has 4 nitrogen and oxygen atoms in total. The average molecular weight is 280 g/mol. The van der Waals surface area contributed by atoms with Gasteiger partial charge in [0.25, 0.3) is 0 Å². The van der Waals surface area contributed by atoms with Crippen molar-refractivity contribution in [1.82, 2.24) is 14.8 Å². The van der Waals surface area contributed by atoms with Gasteiger partial charge in [0.15, 0.2) is 0 Å². The van der Waals surface area contributed by atoms with Crippen molar-refractivity contribution in [2.45, 2.75) is 25.8 Å². The summed E-state index contributed by atoms with van der Waals surface area (Å²) < 4.78 is 1.93. The molecule has 21 heavy (non-hydrogen) atoms. The highest BCUT2D eigenvalue weighted by Gasteiger charge is 2.14. The Morgan fingerprint density at radius 2 is 2.05 bits per heavy atom. The van der Waals surface area contributed by atoms with E-state index in [1.807, 2.05) is 30.1 Å². The van der Waals surface area contributed by atoms with E-state index in [0.717, 1.165) is 40.7 Å². The van der Waals surface area contributed by atoms with E-state index in [4.69, 9.17) is 5.73 Å². The Morgan fingerprint density at radius 3 is 2.81 bits per heavy atom. The van der Waals surface area contributed by atoms with E-state index in [0.29, 0.717) is 0 Å². The molecule has 0 aliphatic heterocycles. The van der Waals surface area contributed by atoms with Crippen molar-refractivity contribution in [3.8, 4) is 0 Å². The Bertz CT molecular complexity index is 755. The molecule has 0 radical (unpaired) electrons. The average Bonchev–Trinajstić information content (AvgIpc) is 2.87. The maximum Gasteiger partial charge on any atom is 0.0749 e. The SMILES string of the molecule is CCc1cc(CC(N)c2cccc3cccnc23)n(C)n1. The molecule has 0 saturated heterocycles. The molecule has 1 atom stereocenters. The lowest BCUT2D eigenvalue weighted by atomic mass is 9.99. The van der Waals surface area contributed by atoms with Gasteiger partial charge >= 0.3 is 0 Å². The highest BCUT2D eigenvalue weighted by Crippen LogP contribution is 2.23. The van der Waals surface area contributed by atoms with Gasteiger partial charge in [-0.25, -0.2) is 0 Å². The standard InChI is InChI=1S/C17H20N4/c1-3-13-10-14(21(2)20-13)11-16(18)15-8-4-6-12-7-5-9-19-17(12)15/h4-10,16H,3,11,18H2,1-2H3. The van der Waals surface area contributed by atoms with Crippen molar-refractivity contribution >= 4 is 10.9 Å². The maximum absolute atomic E-state index is 6.43. The second-order valence-corrected chi connectivity index (χ2v) is 5.34. The van der Waals surface area contributed by atoms with E-state index in [2.05, 4.69) is 41.3 Å². The van der Waals surface area contributed by atoms with E-state index in [1.54, 1.807) is 0 Å². The predicted molar refractivity (Wildman–Crippen MR) is 85.0 cm³/mol. The molecule has 108 valence electrons. The summed E-state index contributed by atoms with van der Waals surface area (Å²) in [5.74, 6) is 0. The summed E-state index contributed by atoms with van der Waals surface area (Å²) in [6.45, 7) is 2.11. The maximum atomic E-state index is 6.43. The van der Waals surface area contributed by atoms with Crippen LogP contribution in [0.2, 0.25) is 0 Å². The molecule has 4 heteroatoms. The fourth-order valence-corrected chi connectivity index (χ4v) is 2.70. The molecule has 2 heterocycles. The van der Waals surface area contributed by atoms with Crippen LogP contribution in [-0.4, -0.2) is 14.8 Å². The first-order valence-electron chi connectivity index (χ1n) is 7.30. The van der Waals surface area contributed by atoms with Crippen LogP contribution in [0.15, 0.2) is 42.6 Å². The normalized spacial score (nSPS) is 12.7. The first-order chi connectivity index (χ1) is 10.2. The van der Waals surface area contributed by atoms with Gasteiger partial charge in [-0.05, 0) is 24.1 Å². The quantitative estimate of drug-likeness (QED) is 0.799. The molecule has 0 fully saturated rings. The van der Waals surface area contributed by atoms with Gasteiger partial charge in [0, 0.05) is 36.8 Å². The van der Waals surface area contributed by atoms with Crippen molar-refractivity contribution in [3.63, 3.8) is 0 Å². The third-order valence-corrected chi connectivity index (χ3v) is 3.88. The summed E-state index contributed by atoms with van der Waals surface area (Å²) in [7, 11) is 1.97. The van der Waals surface area contributed by atoms with Gasteiger partial charge < -0.3 is 5.73 Å². The van der Waals surface area contributed by atoms with Crippen LogP contribution in [-0.2, 0) is 19.9 Å². The molecule has 0 bridgehead atoms. The van der Waals surface area contributed by atoms with Gasteiger partial charge in [-0.2, -0.15) is 5.10 Å². The number of hydrogen-bond donors (Lipinski definition) is 1. The number of nitrogens with two attached hydrogens (primary N) is 1. The molecule has 2 N–H and O–H groups in total. The van der Waals surface area contributed by atoms with Crippen molar-refractivity contribution in [2.75, 3.05) is 0 Å². The highest BCUT2D eigenvalue weighted by atomic mass is 15.3. The lowest BCUT2D eigenvalue weighted by Gasteiger charge is -2.14. The Balaban J connectivity index is 1.93. The van der Waals surface area contributed by atoms with Gasteiger partial charge in [0.2, 0.25) is 0 Å². The van der Waals surface area contributed by atoms with Crippen molar-refractivity contribution in [2.24, 2.45) is 12.8 Å². The molecule has 0 saturated carbocycles. The van der Waals surface area contributed by atoms with Gasteiger partial charge in [-0.15, -0.1) is 0 Å². The number of para-hydroxylation sites is 1. The summed E-state index contributed by atoms with van der Waals surface area (Å²) in [4.78, 5) is 4.49. The van der Waals surface area contributed by atoms with Crippen LogP contribution in [0, 0.1) is 0 Å². The molecular formula is C17H20N4. The Morgan fingerprint density at radius 1 is 1.24 bits per heavy atom. The molecule has 3 aromatic rings. The molecule has 1 aromatic carbocycles. The van der Waals surface area contributed by atoms with E-state index >= 15 is 0 Å². The Kier molecular flexibility index (Phi) is 3.71. The monoisotopic (exact) mass is 280 g/mol. The first-order valence-corrected chi connectivity index (χ1v) is 7.30. The molecule has 1 unspecified atom stereocenters. The molecule has 0 spiro atoms. The molecule has 3 rings (SSSR count). The van der Waals surface area contributed by atoms with Crippen LogP contribution in [0.4, 0.5) is 0 Å². The molecule has 0 aliphatic carbocycles. The van der Waals surface area contributed by atoms with Gasteiger partial charge in [-0.1, -0.05) is 31.2 Å². The fourth-order valence-electron chi connectivity index (χ4n) is 2.70. The van der Waals surface area contributed by atoms with Crippen LogP contribution in [0.5, 0.6) is 0 Å². The minimum Gasteiger partial charge on any atom is -0.324 e. The van der Waals surface area contributed by atoms with Gasteiger partial charge in [0.05, 0.1) is 11.2 Å². The zero-order chi connectivity index (χ0) is 14.8. The largest absolute Gasteiger partial charge is 0.324 e. The number of benzene rings is 1. The zero-order valence-electron chi connectivity index (χ0n) is 12.5.